The van der Waals surface area contributed by atoms with Crippen LogP contribution in [-0.2, 0) is 6.18 Å². The van der Waals surface area contributed by atoms with E-state index >= 15 is 0 Å². The first kappa shape index (κ1) is 12.3. The summed E-state index contributed by atoms with van der Waals surface area (Å²) in [6, 6.07) is 9.02. The van der Waals surface area contributed by atoms with E-state index in [9.17, 15) is 18.0 Å². The highest BCUT2D eigenvalue weighted by molar-refractivity contribution is 5.82. The molecule has 0 aliphatic rings. The van der Waals surface area contributed by atoms with Gasteiger partial charge < -0.3 is 0 Å². The summed E-state index contributed by atoms with van der Waals surface area (Å²) in [5, 5.41) is 0. The fourth-order valence-electron chi connectivity index (χ4n) is 1.69. The maximum Gasteiger partial charge on any atom is 0.419 e. The summed E-state index contributed by atoms with van der Waals surface area (Å²) in [6.07, 6.45) is -3.23. The zero-order valence-electron chi connectivity index (χ0n) is 9.11. The topological polar surface area (TPSA) is 30.0 Å². The number of carbonyl (C=O) groups is 1. The molecule has 0 spiro atoms. The van der Waals surface area contributed by atoms with Crippen LogP contribution in [-0.4, -0.2) is 11.3 Å². The zero-order chi connectivity index (χ0) is 13.2. The molecule has 0 fully saturated rings. The molecule has 0 N–H and O–H groups in total. The number of alkyl halides is 3. The molecular formula is C13H8F3NO. The molecule has 92 valence electrons. The number of pyridine rings is 1. The van der Waals surface area contributed by atoms with Gasteiger partial charge in [0.2, 0.25) is 0 Å². The molecule has 1 heterocycles. The van der Waals surface area contributed by atoms with E-state index in [4.69, 9.17) is 0 Å². The second-order valence-corrected chi connectivity index (χ2v) is 3.61. The van der Waals surface area contributed by atoms with Crippen molar-refractivity contribution in [2.24, 2.45) is 0 Å². The fraction of sp³-hybridized carbons (Fsp3) is 0.0769. The average Bonchev–Trinajstić information content (AvgIpc) is 2.38. The second kappa shape index (κ2) is 4.60. The largest absolute Gasteiger partial charge is 0.419 e. The van der Waals surface area contributed by atoms with E-state index in [1.165, 1.54) is 18.3 Å². The Balaban J connectivity index is 2.72. The first-order valence-electron chi connectivity index (χ1n) is 5.11. The molecule has 1 aromatic heterocycles. The van der Waals surface area contributed by atoms with Crippen molar-refractivity contribution in [3.05, 3.63) is 53.7 Å². The predicted octanol–water partition coefficient (Wildman–Crippen LogP) is 3.58. The number of aldehydes is 1. The minimum Gasteiger partial charge on any atom is -0.298 e. The SMILES string of the molecule is O=Cc1ccnc(-c2ccccc2)c1C(F)(F)F. The fourth-order valence-corrected chi connectivity index (χ4v) is 1.69. The van der Waals surface area contributed by atoms with Crippen LogP contribution < -0.4 is 0 Å². The van der Waals surface area contributed by atoms with E-state index in [2.05, 4.69) is 4.98 Å². The highest BCUT2D eigenvalue weighted by Crippen LogP contribution is 2.37. The van der Waals surface area contributed by atoms with Gasteiger partial charge in [0.1, 0.15) is 0 Å². The van der Waals surface area contributed by atoms with Crippen LogP contribution in [0, 0.1) is 0 Å². The van der Waals surface area contributed by atoms with E-state index in [1.807, 2.05) is 0 Å². The minimum absolute atomic E-state index is 0.191. The van der Waals surface area contributed by atoms with Gasteiger partial charge in [-0.15, -0.1) is 0 Å². The molecule has 2 nitrogen and oxygen atoms in total. The Morgan fingerprint density at radius 2 is 1.72 bits per heavy atom. The van der Waals surface area contributed by atoms with Crippen LogP contribution in [0.15, 0.2) is 42.6 Å². The Labute approximate surface area is 101 Å². The quantitative estimate of drug-likeness (QED) is 0.763. The lowest BCUT2D eigenvalue weighted by atomic mass is 10.0. The average molecular weight is 251 g/mol. The smallest absolute Gasteiger partial charge is 0.298 e. The molecule has 2 aromatic rings. The van der Waals surface area contributed by atoms with Crippen LogP contribution in [0.25, 0.3) is 11.3 Å². The summed E-state index contributed by atoms with van der Waals surface area (Å²) in [7, 11) is 0. The molecule has 0 saturated heterocycles. The van der Waals surface area contributed by atoms with Crippen LogP contribution in [0.5, 0.6) is 0 Å². The van der Waals surface area contributed by atoms with Crippen LogP contribution >= 0.6 is 0 Å². The van der Waals surface area contributed by atoms with Crippen LogP contribution in [0.4, 0.5) is 13.2 Å². The monoisotopic (exact) mass is 251 g/mol. The van der Waals surface area contributed by atoms with E-state index in [-0.39, 0.29) is 12.0 Å². The van der Waals surface area contributed by atoms with Gasteiger partial charge in [-0.3, -0.25) is 9.78 Å². The van der Waals surface area contributed by atoms with Gasteiger partial charge in [0.25, 0.3) is 0 Å². The van der Waals surface area contributed by atoms with E-state index in [0.29, 0.717) is 5.56 Å². The molecule has 0 amide bonds. The van der Waals surface area contributed by atoms with Gasteiger partial charge in [-0.25, -0.2) is 0 Å². The van der Waals surface area contributed by atoms with E-state index in [0.717, 1.165) is 6.07 Å². The molecule has 18 heavy (non-hydrogen) atoms. The van der Waals surface area contributed by atoms with Crippen molar-refractivity contribution in [3.8, 4) is 11.3 Å². The summed E-state index contributed by atoms with van der Waals surface area (Å²) in [6.45, 7) is 0. The molecule has 0 bridgehead atoms. The van der Waals surface area contributed by atoms with Gasteiger partial charge in [-0.05, 0) is 6.07 Å². The molecule has 2 rings (SSSR count). The Hall–Kier alpha value is -2.17. The lowest BCUT2D eigenvalue weighted by Gasteiger charge is -2.13. The molecule has 0 unspecified atom stereocenters. The van der Waals surface area contributed by atoms with Gasteiger partial charge in [-0.2, -0.15) is 13.2 Å². The Bertz CT molecular complexity index is 564. The number of carbonyl (C=O) groups excluding carboxylic acids is 1. The van der Waals surface area contributed by atoms with Gasteiger partial charge >= 0.3 is 6.18 Å². The van der Waals surface area contributed by atoms with Crippen LogP contribution in [0.2, 0.25) is 0 Å². The lowest BCUT2D eigenvalue weighted by Crippen LogP contribution is -2.12. The van der Waals surface area contributed by atoms with Gasteiger partial charge in [-0.1, -0.05) is 30.3 Å². The number of aromatic nitrogens is 1. The lowest BCUT2D eigenvalue weighted by molar-refractivity contribution is -0.137. The summed E-state index contributed by atoms with van der Waals surface area (Å²) in [5.74, 6) is 0. The maximum atomic E-state index is 13.0. The van der Waals surface area contributed by atoms with E-state index < -0.39 is 17.3 Å². The van der Waals surface area contributed by atoms with Crippen LogP contribution in [0.1, 0.15) is 15.9 Å². The van der Waals surface area contributed by atoms with Gasteiger partial charge in [0.15, 0.2) is 6.29 Å². The molecule has 0 aliphatic carbocycles. The predicted molar refractivity (Wildman–Crippen MR) is 60.1 cm³/mol. The Morgan fingerprint density at radius 3 is 2.28 bits per heavy atom. The standard InChI is InChI=1S/C13H8F3NO/c14-13(15,16)11-10(8-18)6-7-17-12(11)9-4-2-1-3-5-9/h1-8H. The van der Waals surface area contributed by atoms with Crippen molar-refractivity contribution in [2.45, 2.75) is 6.18 Å². The summed E-state index contributed by atoms with van der Waals surface area (Å²) < 4.78 is 38.9. The van der Waals surface area contributed by atoms with Gasteiger partial charge in [0.05, 0.1) is 11.3 Å². The van der Waals surface area contributed by atoms with Crippen molar-refractivity contribution in [1.82, 2.24) is 4.98 Å². The normalized spacial score (nSPS) is 11.3. The highest BCUT2D eigenvalue weighted by Gasteiger charge is 2.37. The summed E-state index contributed by atoms with van der Waals surface area (Å²) >= 11 is 0. The molecule has 0 atom stereocenters. The van der Waals surface area contributed by atoms with Crippen molar-refractivity contribution >= 4 is 6.29 Å². The molecule has 0 radical (unpaired) electrons. The van der Waals surface area contributed by atoms with Crippen molar-refractivity contribution in [2.75, 3.05) is 0 Å². The Kier molecular flexibility index (Phi) is 3.14. The maximum absolute atomic E-state index is 13.0. The molecule has 0 aliphatic heterocycles. The van der Waals surface area contributed by atoms with Gasteiger partial charge in [0, 0.05) is 17.3 Å². The third-order valence-corrected chi connectivity index (χ3v) is 2.44. The third-order valence-electron chi connectivity index (χ3n) is 2.44. The first-order chi connectivity index (χ1) is 8.54. The van der Waals surface area contributed by atoms with Crippen molar-refractivity contribution in [3.63, 3.8) is 0 Å². The first-order valence-corrected chi connectivity index (χ1v) is 5.11. The highest BCUT2D eigenvalue weighted by atomic mass is 19.4. The van der Waals surface area contributed by atoms with Crippen molar-refractivity contribution < 1.29 is 18.0 Å². The zero-order valence-corrected chi connectivity index (χ0v) is 9.11. The van der Waals surface area contributed by atoms with Crippen molar-refractivity contribution in [1.29, 1.82) is 0 Å². The number of nitrogens with zero attached hydrogens (tertiary/aromatic N) is 1. The molecule has 1 aromatic carbocycles. The molecule has 0 saturated carbocycles. The summed E-state index contributed by atoms with van der Waals surface area (Å²) in [4.78, 5) is 14.5. The minimum atomic E-state index is -4.62. The number of hydrogen-bond acceptors (Lipinski definition) is 2. The molecular weight excluding hydrogens is 243 g/mol. The number of halogens is 3. The summed E-state index contributed by atoms with van der Waals surface area (Å²) in [5.41, 5.74) is -1.30. The number of hydrogen-bond donors (Lipinski definition) is 0. The molecule has 5 heteroatoms. The number of benzene rings is 1. The second-order valence-electron chi connectivity index (χ2n) is 3.61. The van der Waals surface area contributed by atoms with E-state index in [1.54, 1.807) is 18.2 Å². The Morgan fingerprint density at radius 1 is 1.06 bits per heavy atom. The van der Waals surface area contributed by atoms with Crippen LogP contribution in [0.3, 0.4) is 0 Å². The third kappa shape index (κ3) is 2.25. The number of rotatable bonds is 2.